The Hall–Kier alpha value is 0.412. The van der Waals surface area contributed by atoms with Gasteiger partial charge in [0.15, 0.2) is 0 Å². The molecule has 0 heterocycles. The molecule has 0 aliphatic heterocycles. The first-order chi connectivity index (χ1) is 16.4. The molecule has 0 atom stereocenters. The highest BCUT2D eigenvalue weighted by molar-refractivity contribution is 6.37. The van der Waals surface area contributed by atoms with Crippen LogP contribution in [0, 0.1) is 35.5 Å². The minimum Gasteiger partial charge on any atom is -0.449 e. The summed E-state index contributed by atoms with van der Waals surface area (Å²) >= 11 is -2.33. The summed E-state index contributed by atoms with van der Waals surface area (Å²) < 4.78 is 22.2. The number of hydrogen-bond donors (Lipinski definition) is 0. The molecule has 3 nitrogen and oxygen atoms in total. The van der Waals surface area contributed by atoms with Crippen LogP contribution in [0.25, 0.3) is 0 Å². The molecule has 0 aromatic heterocycles. The average Bonchev–Trinajstić information content (AvgIpc) is 2.41. The molecule has 6 fully saturated rings. The van der Waals surface area contributed by atoms with Gasteiger partial charge in [-0.1, -0.05) is 38.5 Å². The van der Waals surface area contributed by atoms with Gasteiger partial charge in [0.05, 0.1) is 0 Å². The third-order valence-electron chi connectivity index (χ3n) is 12.5. The van der Waals surface area contributed by atoms with E-state index in [0.29, 0.717) is 0 Å². The van der Waals surface area contributed by atoms with Crippen LogP contribution >= 0.6 is 0 Å². The molecule has 0 aromatic carbocycles. The predicted molar refractivity (Wildman–Crippen MR) is 138 cm³/mol. The summed E-state index contributed by atoms with van der Waals surface area (Å²) in [6, 6.07) is 0. The summed E-state index contributed by atoms with van der Waals surface area (Å²) in [5.74, 6) is 4.32. The van der Waals surface area contributed by atoms with Gasteiger partial charge in [0, 0.05) is 16.8 Å². The normalized spacial score (nSPS) is 28.3. The second kappa shape index (κ2) is 9.62. The summed E-state index contributed by atoms with van der Waals surface area (Å²) in [6.07, 6.45) is 24.5. The second-order valence-electron chi connectivity index (χ2n) is 14.0. The molecular formula is C30H51AlO3. The summed E-state index contributed by atoms with van der Waals surface area (Å²) in [7, 11) is 0. The Morgan fingerprint density at radius 1 is 0.382 bits per heavy atom. The van der Waals surface area contributed by atoms with Crippen LogP contribution in [0.2, 0.25) is 0 Å². The minimum atomic E-state index is -2.33. The van der Waals surface area contributed by atoms with E-state index in [0.717, 1.165) is 35.5 Å². The highest BCUT2D eigenvalue weighted by atomic mass is 27.3. The maximum Gasteiger partial charge on any atom is 0.906 e. The van der Waals surface area contributed by atoms with E-state index in [1.165, 1.54) is 116 Å². The molecule has 0 unspecified atom stereocenters. The summed E-state index contributed by atoms with van der Waals surface area (Å²) in [4.78, 5) is 0. The highest BCUT2D eigenvalue weighted by Gasteiger charge is 2.59. The van der Waals surface area contributed by atoms with Crippen molar-refractivity contribution in [2.24, 2.45) is 35.5 Å². The Kier molecular flexibility index (Phi) is 7.00. The van der Waals surface area contributed by atoms with E-state index in [1.807, 2.05) is 0 Å². The standard InChI is InChI=1S/3C10H17O.Al/c3*1-10(11,8-4-2-5-8)9-6-3-7-9;/h3*8-9H,2-7H2,1H3;/q3*-1;+3. The van der Waals surface area contributed by atoms with E-state index >= 15 is 0 Å². The van der Waals surface area contributed by atoms with Gasteiger partial charge in [-0.05, 0) is 133 Å². The van der Waals surface area contributed by atoms with Crippen molar-refractivity contribution >= 4 is 15.1 Å². The Morgan fingerprint density at radius 3 is 0.676 bits per heavy atom. The summed E-state index contributed by atoms with van der Waals surface area (Å²) in [5, 5.41) is 0. The molecule has 6 aliphatic rings. The van der Waals surface area contributed by atoms with Gasteiger partial charge in [0.2, 0.25) is 0 Å². The van der Waals surface area contributed by atoms with Gasteiger partial charge in [-0.25, -0.2) is 0 Å². The fourth-order valence-corrected chi connectivity index (χ4v) is 10.7. The van der Waals surface area contributed by atoms with Crippen molar-refractivity contribution < 1.29 is 11.4 Å². The van der Waals surface area contributed by atoms with Crippen molar-refractivity contribution in [2.75, 3.05) is 0 Å². The molecule has 0 amide bonds. The van der Waals surface area contributed by atoms with E-state index in [-0.39, 0.29) is 16.8 Å². The summed E-state index contributed by atoms with van der Waals surface area (Å²) in [5.41, 5.74) is -0.0605. The van der Waals surface area contributed by atoms with Gasteiger partial charge in [-0.2, -0.15) is 0 Å². The van der Waals surface area contributed by atoms with Gasteiger partial charge < -0.3 is 11.4 Å². The lowest BCUT2D eigenvalue weighted by Crippen LogP contribution is -2.62. The predicted octanol–water partition coefficient (Wildman–Crippen LogP) is 8.10. The van der Waals surface area contributed by atoms with Crippen LogP contribution in [0.1, 0.15) is 136 Å². The Balaban J connectivity index is 1.28. The minimum absolute atomic E-state index is 0.0202. The number of rotatable bonds is 12. The highest BCUT2D eigenvalue weighted by Crippen LogP contribution is 2.54. The van der Waals surface area contributed by atoms with Crippen molar-refractivity contribution in [1.82, 2.24) is 0 Å². The zero-order valence-corrected chi connectivity index (χ0v) is 23.6. The van der Waals surface area contributed by atoms with Crippen molar-refractivity contribution in [3.05, 3.63) is 0 Å². The van der Waals surface area contributed by atoms with Crippen molar-refractivity contribution in [2.45, 2.75) is 153 Å². The van der Waals surface area contributed by atoms with Crippen molar-refractivity contribution in [1.29, 1.82) is 0 Å². The molecule has 192 valence electrons. The van der Waals surface area contributed by atoms with E-state index in [4.69, 9.17) is 11.4 Å². The van der Waals surface area contributed by atoms with Gasteiger partial charge in [-0.3, -0.25) is 0 Å². The van der Waals surface area contributed by atoms with Crippen LogP contribution < -0.4 is 0 Å². The van der Waals surface area contributed by atoms with Crippen molar-refractivity contribution in [3.63, 3.8) is 0 Å². The third-order valence-corrected chi connectivity index (χ3v) is 14.6. The first-order valence-electron chi connectivity index (χ1n) is 15.5. The van der Waals surface area contributed by atoms with Gasteiger partial charge in [-0.15, -0.1) is 0 Å². The van der Waals surface area contributed by atoms with E-state index in [1.54, 1.807) is 0 Å². The van der Waals surface area contributed by atoms with Crippen molar-refractivity contribution in [3.8, 4) is 0 Å². The molecular weight excluding hydrogens is 435 g/mol. The monoisotopic (exact) mass is 486 g/mol. The Bertz CT molecular complexity index is 563. The average molecular weight is 487 g/mol. The zero-order valence-electron chi connectivity index (χ0n) is 22.5. The van der Waals surface area contributed by atoms with Crippen LogP contribution in [0.3, 0.4) is 0 Å². The van der Waals surface area contributed by atoms with E-state index < -0.39 is 15.1 Å². The maximum atomic E-state index is 7.41. The maximum absolute atomic E-state index is 7.41. The van der Waals surface area contributed by atoms with Gasteiger partial charge in [0.25, 0.3) is 0 Å². The fourth-order valence-electron chi connectivity index (χ4n) is 8.16. The zero-order chi connectivity index (χ0) is 23.4. The third kappa shape index (κ3) is 4.19. The van der Waals surface area contributed by atoms with E-state index in [2.05, 4.69) is 20.8 Å². The van der Waals surface area contributed by atoms with Crippen LogP contribution in [-0.4, -0.2) is 32.0 Å². The molecule has 0 saturated heterocycles. The lowest BCUT2D eigenvalue weighted by molar-refractivity contribution is -0.188. The largest absolute Gasteiger partial charge is 0.906 e. The van der Waals surface area contributed by atoms with Gasteiger partial charge >= 0.3 is 15.1 Å². The first-order valence-corrected chi connectivity index (χ1v) is 16.9. The molecule has 0 N–H and O–H groups in total. The number of hydrogen-bond acceptors (Lipinski definition) is 3. The Morgan fingerprint density at radius 2 is 0.559 bits per heavy atom. The molecule has 34 heavy (non-hydrogen) atoms. The van der Waals surface area contributed by atoms with Crippen LogP contribution in [0.4, 0.5) is 0 Å². The second-order valence-corrected chi connectivity index (χ2v) is 15.2. The summed E-state index contributed by atoms with van der Waals surface area (Å²) in [6.45, 7) is 7.42. The topological polar surface area (TPSA) is 27.7 Å². The molecule has 6 rings (SSSR count). The smallest absolute Gasteiger partial charge is 0.449 e. The molecule has 6 aliphatic carbocycles. The van der Waals surface area contributed by atoms with Crippen LogP contribution in [0.5, 0.6) is 0 Å². The SMILES string of the molecule is CC([O][Al]([O]C(C)(C1CCC1)C1CCC1)[O]C(C)(C1CCC1)C1CCC1)(C1CCC1)C1CCC1. The first kappa shape index (κ1) is 24.7. The molecule has 0 radical (unpaired) electrons. The molecule has 0 bridgehead atoms. The fraction of sp³-hybridized carbons (Fsp3) is 1.00. The lowest BCUT2D eigenvalue weighted by Gasteiger charge is -2.57. The molecule has 6 saturated carbocycles. The molecule has 0 aromatic rings. The molecule has 0 spiro atoms. The van der Waals surface area contributed by atoms with E-state index in [9.17, 15) is 0 Å². The van der Waals surface area contributed by atoms with Crippen LogP contribution in [-0.2, 0) is 11.4 Å². The van der Waals surface area contributed by atoms with Gasteiger partial charge in [0.1, 0.15) is 0 Å². The van der Waals surface area contributed by atoms with Crippen LogP contribution in [0.15, 0.2) is 0 Å². The molecule has 4 heteroatoms. The lowest BCUT2D eigenvalue weighted by atomic mass is 9.62. The quantitative estimate of drug-likeness (QED) is 0.261. The Labute approximate surface area is 214 Å².